The number of amides is 3. The van der Waals surface area contributed by atoms with Crippen LogP contribution in [0.15, 0.2) is 18.2 Å². The number of nitrogens with zero attached hydrogens (tertiary/aromatic N) is 2. The second kappa shape index (κ2) is 10.8. The first-order valence-corrected chi connectivity index (χ1v) is 12.4. The third-order valence-corrected chi connectivity index (χ3v) is 6.98. The number of carbonyl (C=O) groups excluding carboxylic acids is 3. The second-order valence-corrected chi connectivity index (χ2v) is 9.57. The zero-order chi connectivity index (χ0) is 25.0. The molecule has 192 valence electrons. The molecule has 2 saturated heterocycles. The fourth-order valence-electron chi connectivity index (χ4n) is 5.18. The van der Waals surface area contributed by atoms with Crippen LogP contribution in [0.5, 0.6) is 5.75 Å². The van der Waals surface area contributed by atoms with E-state index >= 15 is 0 Å². The molecule has 0 unspecified atom stereocenters. The quantitative estimate of drug-likeness (QED) is 0.630. The van der Waals surface area contributed by atoms with Crippen molar-refractivity contribution in [3.8, 4) is 5.75 Å². The van der Waals surface area contributed by atoms with Crippen molar-refractivity contribution in [3.63, 3.8) is 0 Å². The Morgan fingerprint density at radius 2 is 2.09 bits per heavy atom. The van der Waals surface area contributed by atoms with Crippen molar-refractivity contribution in [1.29, 1.82) is 0 Å². The predicted octanol–water partition coefficient (Wildman–Crippen LogP) is 1.92. The summed E-state index contributed by atoms with van der Waals surface area (Å²) in [6.45, 7) is 7.09. The van der Waals surface area contributed by atoms with E-state index in [2.05, 4.69) is 15.4 Å². The van der Waals surface area contributed by atoms with E-state index in [-0.39, 0.29) is 37.0 Å². The van der Waals surface area contributed by atoms with Gasteiger partial charge in [0.1, 0.15) is 5.75 Å². The third-order valence-electron chi connectivity index (χ3n) is 6.98. The number of hydrogen-bond donors (Lipinski definition) is 2. The van der Waals surface area contributed by atoms with E-state index < -0.39 is 11.7 Å². The molecule has 3 amide bonds. The summed E-state index contributed by atoms with van der Waals surface area (Å²) in [4.78, 5) is 42.5. The number of anilines is 1. The lowest BCUT2D eigenvalue weighted by Crippen LogP contribution is -2.59. The first-order valence-electron chi connectivity index (χ1n) is 12.4. The van der Waals surface area contributed by atoms with E-state index in [1.807, 2.05) is 18.7 Å². The molecule has 0 aliphatic carbocycles. The lowest BCUT2D eigenvalue weighted by molar-refractivity contribution is -0.144. The SMILES string of the molecule is COC(=O)NCCN1C(=O)C2(CCOCC2)Oc2ccc(C(=O)N(C(C)C)[C@@H]3CCCNC3)cc21. The lowest BCUT2D eigenvalue weighted by Gasteiger charge is -2.44. The highest BCUT2D eigenvalue weighted by atomic mass is 16.5. The summed E-state index contributed by atoms with van der Waals surface area (Å²) in [6.07, 6.45) is 2.31. The van der Waals surface area contributed by atoms with Gasteiger partial charge in [0.2, 0.25) is 0 Å². The first-order chi connectivity index (χ1) is 16.9. The Bertz CT molecular complexity index is 940. The van der Waals surface area contributed by atoms with Crippen molar-refractivity contribution in [3.05, 3.63) is 23.8 Å². The average Bonchev–Trinajstić information content (AvgIpc) is 2.87. The van der Waals surface area contributed by atoms with Crippen LogP contribution in [-0.4, -0.2) is 87.0 Å². The molecular formula is C25H36N4O6. The van der Waals surface area contributed by atoms with E-state index in [9.17, 15) is 14.4 Å². The first kappa shape index (κ1) is 25.2. The zero-order valence-electron chi connectivity index (χ0n) is 20.8. The van der Waals surface area contributed by atoms with Gasteiger partial charge in [0.05, 0.1) is 26.0 Å². The van der Waals surface area contributed by atoms with Gasteiger partial charge in [0, 0.05) is 50.1 Å². The number of carbonyl (C=O) groups is 3. The van der Waals surface area contributed by atoms with Crippen LogP contribution < -0.4 is 20.3 Å². The summed E-state index contributed by atoms with van der Waals surface area (Å²) in [7, 11) is 1.29. The van der Waals surface area contributed by atoms with Gasteiger partial charge in [-0.05, 0) is 51.4 Å². The highest BCUT2D eigenvalue weighted by molar-refractivity contribution is 6.05. The molecule has 0 saturated carbocycles. The number of ether oxygens (including phenoxy) is 3. The summed E-state index contributed by atoms with van der Waals surface area (Å²) in [5.41, 5.74) is 0.0446. The van der Waals surface area contributed by atoms with Crippen LogP contribution in [0.3, 0.4) is 0 Å². The van der Waals surface area contributed by atoms with Crippen molar-refractivity contribution in [2.75, 3.05) is 51.4 Å². The normalized spacial score (nSPS) is 21.3. The molecule has 35 heavy (non-hydrogen) atoms. The Morgan fingerprint density at radius 1 is 1.31 bits per heavy atom. The Labute approximate surface area is 206 Å². The van der Waals surface area contributed by atoms with Gasteiger partial charge in [-0.1, -0.05) is 0 Å². The second-order valence-electron chi connectivity index (χ2n) is 9.57. The molecule has 0 aromatic heterocycles. The van der Waals surface area contributed by atoms with E-state index in [1.165, 1.54) is 7.11 Å². The van der Waals surface area contributed by atoms with Crippen LogP contribution in [0.25, 0.3) is 0 Å². The monoisotopic (exact) mass is 488 g/mol. The third kappa shape index (κ3) is 5.23. The Kier molecular flexibility index (Phi) is 7.81. The van der Waals surface area contributed by atoms with Crippen molar-refractivity contribution in [1.82, 2.24) is 15.5 Å². The Hall–Kier alpha value is -2.85. The number of alkyl carbamates (subject to hydrolysis) is 1. The number of piperidine rings is 1. The van der Waals surface area contributed by atoms with Crippen LogP contribution in [0, 0.1) is 0 Å². The maximum Gasteiger partial charge on any atom is 0.406 e. The molecule has 2 fully saturated rings. The van der Waals surface area contributed by atoms with Crippen molar-refractivity contribution in [2.24, 2.45) is 0 Å². The number of methoxy groups -OCH3 is 1. The van der Waals surface area contributed by atoms with E-state index in [1.54, 1.807) is 23.1 Å². The largest absolute Gasteiger partial charge is 0.475 e. The molecule has 1 atom stereocenters. The molecule has 3 aliphatic rings. The van der Waals surface area contributed by atoms with Gasteiger partial charge >= 0.3 is 6.09 Å². The molecule has 0 bridgehead atoms. The standard InChI is InChI=1S/C25H36N4O6/c1-17(2)29(19-5-4-10-26-16-19)22(30)18-6-7-21-20(15-18)28(12-11-27-24(32)33-3)23(31)25(35-21)8-13-34-14-9-25/h6-7,15,17,19,26H,4-5,8-14,16H2,1-3H3,(H,27,32)/t19-/m1/s1. The average molecular weight is 489 g/mol. The molecular weight excluding hydrogens is 452 g/mol. The van der Waals surface area contributed by atoms with Crippen LogP contribution in [0.1, 0.15) is 49.9 Å². The maximum absolute atomic E-state index is 13.7. The highest BCUT2D eigenvalue weighted by Crippen LogP contribution is 2.42. The van der Waals surface area contributed by atoms with Gasteiger partial charge in [0.15, 0.2) is 5.60 Å². The summed E-state index contributed by atoms with van der Waals surface area (Å²) >= 11 is 0. The van der Waals surface area contributed by atoms with Crippen molar-refractivity contribution >= 4 is 23.6 Å². The fourth-order valence-corrected chi connectivity index (χ4v) is 5.18. The van der Waals surface area contributed by atoms with Gasteiger partial charge in [0.25, 0.3) is 11.8 Å². The molecule has 3 heterocycles. The van der Waals surface area contributed by atoms with Crippen LogP contribution in [0.4, 0.5) is 10.5 Å². The Balaban J connectivity index is 1.64. The summed E-state index contributed by atoms with van der Waals surface area (Å²) < 4.78 is 16.4. The number of nitrogens with one attached hydrogen (secondary N) is 2. The minimum atomic E-state index is -1.00. The molecule has 1 aromatic rings. The van der Waals surface area contributed by atoms with E-state index in [0.717, 1.165) is 25.9 Å². The topological polar surface area (TPSA) is 109 Å². The summed E-state index contributed by atoms with van der Waals surface area (Å²) in [5.74, 6) is 0.307. The van der Waals surface area contributed by atoms with Gasteiger partial charge in [-0.2, -0.15) is 0 Å². The minimum Gasteiger partial charge on any atom is -0.475 e. The minimum absolute atomic E-state index is 0.0344. The predicted molar refractivity (Wildman–Crippen MR) is 130 cm³/mol. The molecule has 10 nitrogen and oxygen atoms in total. The van der Waals surface area contributed by atoms with Gasteiger partial charge < -0.3 is 34.6 Å². The molecule has 3 aliphatic heterocycles. The van der Waals surface area contributed by atoms with Gasteiger partial charge in [-0.3, -0.25) is 9.59 Å². The fraction of sp³-hybridized carbons (Fsp3) is 0.640. The van der Waals surface area contributed by atoms with Crippen molar-refractivity contribution in [2.45, 2.75) is 57.2 Å². The van der Waals surface area contributed by atoms with Crippen molar-refractivity contribution < 1.29 is 28.6 Å². The number of hydrogen-bond acceptors (Lipinski definition) is 7. The van der Waals surface area contributed by atoms with Crippen LogP contribution in [-0.2, 0) is 14.3 Å². The zero-order valence-corrected chi connectivity index (χ0v) is 20.8. The number of benzene rings is 1. The smallest absolute Gasteiger partial charge is 0.406 e. The van der Waals surface area contributed by atoms with Crippen LogP contribution in [0.2, 0.25) is 0 Å². The Morgan fingerprint density at radius 3 is 2.74 bits per heavy atom. The number of fused-ring (bicyclic) bond motifs is 1. The molecule has 1 aromatic carbocycles. The number of rotatable bonds is 6. The summed E-state index contributed by atoms with van der Waals surface area (Å²) in [6, 6.07) is 5.46. The van der Waals surface area contributed by atoms with E-state index in [4.69, 9.17) is 9.47 Å². The molecule has 0 radical (unpaired) electrons. The van der Waals surface area contributed by atoms with E-state index in [0.29, 0.717) is 43.1 Å². The molecule has 2 N–H and O–H groups in total. The highest BCUT2D eigenvalue weighted by Gasteiger charge is 2.49. The maximum atomic E-state index is 13.7. The molecule has 4 rings (SSSR count). The van der Waals surface area contributed by atoms with Gasteiger partial charge in [-0.25, -0.2) is 4.79 Å². The van der Waals surface area contributed by atoms with Gasteiger partial charge in [-0.15, -0.1) is 0 Å². The molecule has 1 spiro atoms. The molecule has 10 heteroatoms. The lowest BCUT2D eigenvalue weighted by atomic mass is 9.90. The summed E-state index contributed by atoms with van der Waals surface area (Å²) in [5, 5.41) is 6.02. The van der Waals surface area contributed by atoms with Crippen LogP contribution >= 0.6 is 0 Å².